The molecule has 0 atom stereocenters. The van der Waals surface area contributed by atoms with Crippen molar-refractivity contribution in [1.29, 1.82) is 0 Å². The van der Waals surface area contributed by atoms with E-state index in [0.29, 0.717) is 25.4 Å². The van der Waals surface area contributed by atoms with Gasteiger partial charge in [-0.2, -0.15) is 0 Å². The lowest BCUT2D eigenvalue weighted by Crippen LogP contribution is -2.36. The highest BCUT2D eigenvalue weighted by Gasteiger charge is 2.17. The van der Waals surface area contributed by atoms with Crippen LogP contribution in [0.15, 0.2) is 18.2 Å². The molecule has 1 heterocycles. The summed E-state index contributed by atoms with van der Waals surface area (Å²) in [6.45, 7) is 5.63. The van der Waals surface area contributed by atoms with E-state index < -0.39 is 0 Å². The van der Waals surface area contributed by atoms with Crippen LogP contribution in [-0.2, 0) is 4.74 Å². The molecule has 0 saturated carbocycles. The number of anilines is 2. The predicted molar refractivity (Wildman–Crippen MR) is 70.3 cm³/mol. The number of nitro groups is 1. The third kappa shape index (κ3) is 2.70. The molecule has 6 heteroatoms. The van der Waals surface area contributed by atoms with Gasteiger partial charge in [0.15, 0.2) is 0 Å². The Hall–Kier alpha value is -1.82. The van der Waals surface area contributed by atoms with Crippen molar-refractivity contribution in [3.05, 3.63) is 28.3 Å². The van der Waals surface area contributed by atoms with Crippen molar-refractivity contribution >= 4 is 17.1 Å². The summed E-state index contributed by atoms with van der Waals surface area (Å²) in [6, 6.07) is 5.19. The van der Waals surface area contributed by atoms with Crippen molar-refractivity contribution in [3.8, 4) is 0 Å². The molecule has 1 aromatic carbocycles. The topological polar surface area (TPSA) is 67.6 Å². The number of hydrogen-bond donors (Lipinski definition) is 1. The van der Waals surface area contributed by atoms with Gasteiger partial charge in [-0.05, 0) is 19.1 Å². The van der Waals surface area contributed by atoms with Crippen LogP contribution in [0.4, 0.5) is 17.1 Å². The highest BCUT2D eigenvalue weighted by atomic mass is 16.6. The van der Waals surface area contributed by atoms with Gasteiger partial charge in [-0.1, -0.05) is 0 Å². The first-order chi connectivity index (χ1) is 8.72. The molecule has 1 saturated heterocycles. The molecule has 0 aromatic heterocycles. The van der Waals surface area contributed by atoms with Crippen LogP contribution in [0.3, 0.4) is 0 Å². The van der Waals surface area contributed by atoms with Crippen LogP contribution < -0.4 is 10.2 Å². The average molecular weight is 251 g/mol. The maximum absolute atomic E-state index is 10.9. The molecule has 18 heavy (non-hydrogen) atoms. The average Bonchev–Trinajstić information content (AvgIpc) is 2.40. The van der Waals surface area contributed by atoms with E-state index in [2.05, 4.69) is 10.2 Å². The van der Waals surface area contributed by atoms with Gasteiger partial charge in [0.1, 0.15) is 5.69 Å². The van der Waals surface area contributed by atoms with Gasteiger partial charge in [-0.3, -0.25) is 10.1 Å². The van der Waals surface area contributed by atoms with E-state index in [1.54, 1.807) is 12.1 Å². The third-order valence-electron chi connectivity index (χ3n) is 2.92. The van der Waals surface area contributed by atoms with Crippen LogP contribution in [0.25, 0.3) is 0 Å². The van der Waals surface area contributed by atoms with Gasteiger partial charge in [-0.25, -0.2) is 0 Å². The van der Waals surface area contributed by atoms with Crippen molar-refractivity contribution in [2.24, 2.45) is 0 Å². The molecule has 0 spiro atoms. The molecule has 2 rings (SSSR count). The van der Waals surface area contributed by atoms with E-state index in [1.165, 1.54) is 0 Å². The molecule has 6 nitrogen and oxygen atoms in total. The van der Waals surface area contributed by atoms with Crippen molar-refractivity contribution < 1.29 is 9.66 Å². The van der Waals surface area contributed by atoms with E-state index in [9.17, 15) is 10.1 Å². The lowest BCUT2D eigenvalue weighted by Gasteiger charge is -2.29. The molecule has 98 valence electrons. The Labute approximate surface area is 106 Å². The molecular weight excluding hydrogens is 234 g/mol. The van der Waals surface area contributed by atoms with Gasteiger partial charge >= 0.3 is 0 Å². The van der Waals surface area contributed by atoms with Gasteiger partial charge in [0.2, 0.25) is 0 Å². The molecule has 0 radical (unpaired) electrons. The number of ether oxygens (including phenoxy) is 1. The second kappa shape index (κ2) is 5.68. The van der Waals surface area contributed by atoms with Crippen molar-refractivity contribution in [1.82, 2.24) is 0 Å². The summed E-state index contributed by atoms with van der Waals surface area (Å²) in [5, 5.41) is 14.0. The monoisotopic (exact) mass is 251 g/mol. The second-order valence-electron chi connectivity index (χ2n) is 4.09. The maximum atomic E-state index is 10.9. The zero-order valence-electron chi connectivity index (χ0n) is 10.4. The zero-order chi connectivity index (χ0) is 13.0. The number of rotatable bonds is 4. The first-order valence-corrected chi connectivity index (χ1v) is 6.07. The van der Waals surface area contributed by atoms with Gasteiger partial charge in [-0.15, -0.1) is 0 Å². The summed E-state index contributed by atoms with van der Waals surface area (Å²) in [7, 11) is 0. The van der Waals surface area contributed by atoms with Crippen molar-refractivity contribution in [2.45, 2.75) is 6.92 Å². The van der Waals surface area contributed by atoms with E-state index >= 15 is 0 Å². The van der Waals surface area contributed by atoms with Gasteiger partial charge in [0, 0.05) is 31.4 Å². The van der Waals surface area contributed by atoms with Crippen molar-refractivity contribution in [2.75, 3.05) is 43.1 Å². The smallest absolute Gasteiger partial charge is 0.292 e. The fraction of sp³-hybridized carbons (Fsp3) is 0.500. The largest absolute Gasteiger partial charge is 0.380 e. The Kier molecular flexibility index (Phi) is 3.99. The molecule has 0 aliphatic carbocycles. The standard InChI is InChI=1S/C12H17N3O3/c1-2-13-11-9-10(3-4-12(11)15(16)17)14-5-7-18-8-6-14/h3-4,9,13H,2,5-8H2,1H3. The number of nitro benzene ring substituents is 1. The Morgan fingerprint density at radius 3 is 2.78 bits per heavy atom. The van der Waals surface area contributed by atoms with E-state index in [0.717, 1.165) is 18.8 Å². The van der Waals surface area contributed by atoms with Crippen molar-refractivity contribution in [3.63, 3.8) is 0 Å². The van der Waals surface area contributed by atoms with E-state index in [-0.39, 0.29) is 10.6 Å². The molecule has 0 bridgehead atoms. The van der Waals surface area contributed by atoms with E-state index in [4.69, 9.17) is 4.74 Å². The first kappa shape index (κ1) is 12.6. The summed E-state index contributed by atoms with van der Waals surface area (Å²) in [5.41, 5.74) is 1.69. The highest BCUT2D eigenvalue weighted by Crippen LogP contribution is 2.29. The summed E-state index contributed by atoms with van der Waals surface area (Å²) < 4.78 is 5.30. The summed E-state index contributed by atoms with van der Waals surface area (Å²) >= 11 is 0. The molecule has 0 amide bonds. The number of morpholine rings is 1. The normalized spacial score (nSPS) is 15.5. The first-order valence-electron chi connectivity index (χ1n) is 6.07. The number of benzene rings is 1. The molecule has 1 fully saturated rings. The minimum absolute atomic E-state index is 0.119. The van der Waals surface area contributed by atoms with E-state index in [1.807, 2.05) is 13.0 Å². The quantitative estimate of drug-likeness (QED) is 0.653. The van der Waals surface area contributed by atoms with Crippen LogP contribution in [0.1, 0.15) is 6.92 Å². The predicted octanol–water partition coefficient (Wildman–Crippen LogP) is 1.86. The summed E-state index contributed by atoms with van der Waals surface area (Å²) in [6.07, 6.45) is 0. The summed E-state index contributed by atoms with van der Waals surface area (Å²) in [5.74, 6) is 0. The molecule has 1 aromatic rings. The number of nitrogens with zero attached hydrogens (tertiary/aromatic N) is 2. The molecule has 1 aliphatic heterocycles. The van der Waals surface area contributed by atoms with Crippen LogP contribution in [0, 0.1) is 10.1 Å². The molecule has 0 unspecified atom stereocenters. The maximum Gasteiger partial charge on any atom is 0.292 e. The van der Waals surface area contributed by atoms with Crippen LogP contribution >= 0.6 is 0 Å². The Balaban J connectivity index is 2.26. The minimum Gasteiger partial charge on any atom is -0.380 e. The fourth-order valence-electron chi connectivity index (χ4n) is 2.03. The van der Waals surface area contributed by atoms with Crippen LogP contribution in [0.2, 0.25) is 0 Å². The Morgan fingerprint density at radius 2 is 2.17 bits per heavy atom. The Bertz CT molecular complexity index is 431. The molecule has 1 aliphatic rings. The fourth-order valence-corrected chi connectivity index (χ4v) is 2.03. The minimum atomic E-state index is -0.360. The van der Waals surface area contributed by atoms with Crippen LogP contribution in [0.5, 0.6) is 0 Å². The highest BCUT2D eigenvalue weighted by molar-refractivity contribution is 5.69. The lowest BCUT2D eigenvalue weighted by atomic mass is 10.2. The zero-order valence-corrected chi connectivity index (χ0v) is 10.4. The van der Waals surface area contributed by atoms with Crippen LogP contribution in [-0.4, -0.2) is 37.8 Å². The number of nitrogens with one attached hydrogen (secondary N) is 1. The third-order valence-corrected chi connectivity index (χ3v) is 2.92. The molecular formula is C12H17N3O3. The molecule has 1 N–H and O–H groups in total. The van der Waals surface area contributed by atoms with Gasteiger partial charge in [0.05, 0.1) is 18.1 Å². The SMILES string of the molecule is CCNc1cc(N2CCOCC2)ccc1[N+](=O)[O-]. The van der Waals surface area contributed by atoms with Gasteiger partial charge < -0.3 is 15.0 Å². The second-order valence-corrected chi connectivity index (χ2v) is 4.09. The summed E-state index contributed by atoms with van der Waals surface area (Å²) in [4.78, 5) is 12.7. The van der Waals surface area contributed by atoms with Gasteiger partial charge in [0.25, 0.3) is 5.69 Å². The number of hydrogen-bond acceptors (Lipinski definition) is 5. The lowest BCUT2D eigenvalue weighted by molar-refractivity contribution is -0.383. The Morgan fingerprint density at radius 1 is 1.44 bits per heavy atom.